The predicted octanol–water partition coefficient (Wildman–Crippen LogP) is 1.44. The molecule has 0 aromatic heterocycles. The van der Waals surface area contributed by atoms with Crippen molar-refractivity contribution in [1.29, 1.82) is 0 Å². The van der Waals surface area contributed by atoms with Gasteiger partial charge >= 0.3 is 6.03 Å². The standard InChI is InChI=1S/C14H21N3O/c1-15-9-13-7-8-17(11-13)14(18)16-10-12-5-3-2-4-6-12/h2-6,13,15H,7-11H2,1H3,(H,16,18). The van der Waals surface area contributed by atoms with Gasteiger partial charge in [0, 0.05) is 19.6 Å². The number of hydrogen-bond acceptors (Lipinski definition) is 2. The summed E-state index contributed by atoms with van der Waals surface area (Å²) in [5.41, 5.74) is 1.14. The van der Waals surface area contributed by atoms with Gasteiger partial charge in [-0.05, 0) is 31.5 Å². The van der Waals surface area contributed by atoms with Crippen molar-refractivity contribution in [3.8, 4) is 0 Å². The highest BCUT2D eigenvalue weighted by Crippen LogP contribution is 2.15. The number of amides is 2. The first-order valence-corrected chi connectivity index (χ1v) is 6.51. The molecular formula is C14H21N3O. The first-order chi connectivity index (χ1) is 8.79. The Balaban J connectivity index is 1.76. The monoisotopic (exact) mass is 247 g/mol. The van der Waals surface area contributed by atoms with Gasteiger partial charge in [-0.25, -0.2) is 4.79 Å². The van der Waals surface area contributed by atoms with Gasteiger partial charge in [0.1, 0.15) is 0 Å². The van der Waals surface area contributed by atoms with Gasteiger partial charge in [0.25, 0.3) is 0 Å². The van der Waals surface area contributed by atoms with Crippen molar-refractivity contribution >= 4 is 6.03 Å². The zero-order valence-electron chi connectivity index (χ0n) is 10.9. The van der Waals surface area contributed by atoms with Crippen LogP contribution in [0.1, 0.15) is 12.0 Å². The van der Waals surface area contributed by atoms with Gasteiger partial charge in [-0.2, -0.15) is 0 Å². The fraction of sp³-hybridized carbons (Fsp3) is 0.500. The van der Waals surface area contributed by atoms with Crippen LogP contribution >= 0.6 is 0 Å². The van der Waals surface area contributed by atoms with E-state index in [9.17, 15) is 4.79 Å². The second kappa shape index (κ2) is 6.40. The topological polar surface area (TPSA) is 44.4 Å². The second-order valence-corrected chi connectivity index (χ2v) is 4.80. The Kier molecular flexibility index (Phi) is 4.59. The summed E-state index contributed by atoms with van der Waals surface area (Å²) in [5.74, 6) is 0.595. The second-order valence-electron chi connectivity index (χ2n) is 4.80. The predicted molar refractivity (Wildman–Crippen MR) is 72.3 cm³/mol. The number of hydrogen-bond donors (Lipinski definition) is 2. The molecule has 98 valence electrons. The van der Waals surface area contributed by atoms with E-state index in [2.05, 4.69) is 10.6 Å². The molecule has 4 heteroatoms. The van der Waals surface area contributed by atoms with Gasteiger partial charge in [-0.3, -0.25) is 0 Å². The Morgan fingerprint density at radius 2 is 2.17 bits per heavy atom. The number of urea groups is 1. The molecule has 1 saturated heterocycles. The highest BCUT2D eigenvalue weighted by atomic mass is 16.2. The average Bonchev–Trinajstić information content (AvgIpc) is 2.86. The largest absolute Gasteiger partial charge is 0.334 e. The van der Waals surface area contributed by atoms with Crippen molar-refractivity contribution in [2.75, 3.05) is 26.7 Å². The van der Waals surface area contributed by atoms with Crippen molar-refractivity contribution in [2.45, 2.75) is 13.0 Å². The van der Waals surface area contributed by atoms with Crippen LogP contribution in [0.2, 0.25) is 0 Å². The molecule has 1 aromatic rings. The third-order valence-electron chi connectivity index (χ3n) is 3.35. The lowest BCUT2D eigenvalue weighted by molar-refractivity contribution is 0.206. The van der Waals surface area contributed by atoms with Crippen LogP contribution in [0, 0.1) is 5.92 Å². The highest BCUT2D eigenvalue weighted by molar-refractivity contribution is 5.74. The molecule has 4 nitrogen and oxygen atoms in total. The molecule has 2 amide bonds. The fourth-order valence-electron chi connectivity index (χ4n) is 2.36. The van der Waals surface area contributed by atoms with Gasteiger partial charge < -0.3 is 15.5 Å². The number of carbonyl (C=O) groups excluding carboxylic acids is 1. The molecule has 1 aromatic carbocycles. The summed E-state index contributed by atoms with van der Waals surface area (Å²) in [6, 6.07) is 10.1. The first kappa shape index (κ1) is 12.9. The first-order valence-electron chi connectivity index (χ1n) is 6.51. The van der Waals surface area contributed by atoms with Crippen molar-refractivity contribution in [3.05, 3.63) is 35.9 Å². The molecule has 1 heterocycles. The molecule has 2 rings (SSSR count). The third-order valence-corrected chi connectivity index (χ3v) is 3.35. The van der Waals surface area contributed by atoms with Gasteiger partial charge in [0.15, 0.2) is 0 Å². The SMILES string of the molecule is CNCC1CCN(C(=O)NCc2ccccc2)C1. The van der Waals surface area contributed by atoms with Crippen LogP contribution in [0.15, 0.2) is 30.3 Å². The number of rotatable bonds is 4. The van der Waals surface area contributed by atoms with Crippen molar-refractivity contribution in [3.63, 3.8) is 0 Å². The molecule has 0 aliphatic carbocycles. The average molecular weight is 247 g/mol. The number of likely N-dealkylation sites (tertiary alicyclic amines) is 1. The maximum Gasteiger partial charge on any atom is 0.317 e. The van der Waals surface area contributed by atoms with E-state index in [1.807, 2.05) is 42.3 Å². The van der Waals surface area contributed by atoms with Crippen molar-refractivity contribution < 1.29 is 4.79 Å². The summed E-state index contributed by atoms with van der Waals surface area (Å²) in [6.07, 6.45) is 1.10. The van der Waals surface area contributed by atoms with Crippen LogP contribution in [0.3, 0.4) is 0 Å². The summed E-state index contributed by atoms with van der Waals surface area (Å²) in [6.45, 7) is 3.32. The van der Waals surface area contributed by atoms with E-state index >= 15 is 0 Å². The van der Waals surface area contributed by atoms with Crippen LogP contribution in [0.25, 0.3) is 0 Å². The van der Waals surface area contributed by atoms with Crippen molar-refractivity contribution in [1.82, 2.24) is 15.5 Å². The maximum atomic E-state index is 12.0. The minimum absolute atomic E-state index is 0.0532. The van der Waals surface area contributed by atoms with Gasteiger partial charge in [-0.15, -0.1) is 0 Å². The summed E-state index contributed by atoms with van der Waals surface area (Å²) in [4.78, 5) is 13.9. The molecule has 0 radical (unpaired) electrons. The summed E-state index contributed by atoms with van der Waals surface area (Å²) >= 11 is 0. The Bertz CT molecular complexity index is 380. The molecule has 1 aliphatic heterocycles. The maximum absolute atomic E-state index is 12.0. The minimum atomic E-state index is 0.0532. The van der Waals surface area contributed by atoms with Crippen LogP contribution in [-0.2, 0) is 6.54 Å². The molecule has 1 fully saturated rings. The molecule has 0 saturated carbocycles. The van der Waals surface area contributed by atoms with Gasteiger partial charge in [0.2, 0.25) is 0 Å². The van der Waals surface area contributed by atoms with Crippen LogP contribution in [0.4, 0.5) is 4.79 Å². The molecule has 1 atom stereocenters. The van der Waals surface area contributed by atoms with E-state index in [0.29, 0.717) is 12.5 Å². The van der Waals surface area contributed by atoms with Gasteiger partial charge in [-0.1, -0.05) is 30.3 Å². The van der Waals surface area contributed by atoms with E-state index < -0.39 is 0 Å². The van der Waals surface area contributed by atoms with E-state index in [0.717, 1.165) is 31.6 Å². The molecule has 1 unspecified atom stereocenters. The Morgan fingerprint density at radius 3 is 2.89 bits per heavy atom. The van der Waals surface area contributed by atoms with E-state index in [4.69, 9.17) is 0 Å². The van der Waals surface area contributed by atoms with Gasteiger partial charge in [0.05, 0.1) is 0 Å². The zero-order chi connectivity index (χ0) is 12.8. The quantitative estimate of drug-likeness (QED) is 0.845. The number of nitrogens with one attached hydrogen (secondary N) is 2. The van der Waals surface area contributed by atoms with Crippen LogP contribution in [0.5, 0.6) is 0 Å². The summed E-state index contributed by atoms with van der Waals surface area (Å²) in [5, 5.41) is 6.14. The fourth-order valence-corrected chi connectivity index (χ4v) is 2.36. The van der Waals surface area contributed by atoms with Crippen LogP contribution < -0.4 is 10.6 Å². The Hall–Kier alpha value is -1.55. The molecule has 18 heavy (non-hydrogen) atoms. The van der Waals surface area contributed by atoms with E-state index in [-0.39, 0.29) is 6.03 Å². The summed E-state index contributed by atoms with van der Waals surface area (Å²) in [7, 11) is 1.96. The number of benzene rings is 1. The lowest BCUT2D eigenvalue weighted by Crippen LogP contribution is -2.38. The lowest BCUT2D eigenvalue weighted by Gasteiger charge is -2.17. The van der Waals surface area contributed by atoms with E-state index in [1.54, 1.807) is 0 Å². The van der Waals surface area contributed by atoms with Crippen LogP contribution in [-0.4, -0.2) is 37.6 Å². The molecule has 0 bridgehead atoms. The Morgan fingerprint density at radius 1 is 1.39 bits per heavy atom. The molecule has 2 N–H and O–H groups in total. The lowest BCUT2D eigenvalue weighted by atomic mass is 10.1. The third kappa shape index (κ3) is 3.47. The molecular weight excluding hydrogens is 226 g/mol. The molecule has 0 spiro atoms. The number of carbonyl (C=O) groups is 1. The molecule has 1 aliphatic rings. The summed E-state index contributed by atoms with van der Waals surface area (Å²) < 4.78 is 0. The highest BCUT2D eigenvalue weighted by Gasteiger charge is 2.25. The normalized spacial score (nSPS) is 18.9. The smallest absolute Gasteiger partial charge is 0.317 e. The Labute approximate surface area is 108 Å². The zero-order valence-corrected chi connectivity index (χ0v) is 10.9. The number of nitrogens with zero attached hydrogens (tertiary/aromatic N) is 1. The van der Waals surface area contributed by atoms with E-state index in [1.165, 1.54) is 0 Å². The van der Waals surface area contributed by atoms with Crippen molar-refractivity contribution in [2.24, 2.45) is 5.92 Å². The minimum Gasteiger partial charge on any atom is -0.334 e.